The first-order valence-electron chi connectivity index (χ1n) is 21.9. The van der Waals surface area contributed by atoms with E-state index in [0.717, 1.165) is 0 Å². The van der Waals surface area contributed by atoms with Crippen LogP contribution in [0.1, 0.15) is 72.2 Å². The molecule has 0 fully saturated rings. The van der Waals surface area contributed by atoms with Crippen molar-refractivity contribution in [1.29, 1.82) is 0 Å². The molecule has 0 amide bonds. The zero-order valence-electron chi connectivity index (χ0n) is 35.4. The summed E-state index contributed by atoms with van der Waals surface area (Å²) in [4.78, 5) is 5.18. The lowest BCUT2D eigenvalue weighted by atomic mass is 9.80. The van der Waals surface area contributed by atoms with Crippen LogP contribution in [0.2, 0.25) is 0 Å². The van der Waals surface area contributed by atoms with Crippen LogP contribution in [0.5, 0.6) is 0 Å². The Balaban J connectivity index is 1.29. The third-order valence-electron chi connectivity index (χ3n) is 14.5. The van der Waals surface area contributed by atoms with Gasteiger partial charge in [-0.2, -0.15) is 0 Å². The van der Waals surface area contributed by atoms with Crippen LogP contribution in [0.15, 0.2) is 170 Å². The maximum atomic E-state index is 2.59. The Morgan fingerprint density at radius 2 is 0.581 bits per heavy atom. The minimum atomic E-state index is -0.198. The van der Waals surface area contributed by atoms with Crippen LogP contribution in [0.25, 0.3) is 68.1 Å². The highest BCUT2D eigenvalue weighted by Gasteiger charge is 2.40. The summed E-state index contributed by atoms with van der Waals surface area (Å²) in [5.41, 5.74) is 22.2. The Kier molecular flexibility index (Phi) is 7.16. The fraction of sp³-hybridized carbons (Fsp3) is 0.100. The summed E-state index contributed by atoms with van der Waals surface area (Å²) < 4.78 is 0. The molecule has 2 aliphatic carbocycles. The summed E-state index contributed by atoms with van der Waals surface area (Å²) in [6.45, 7) is 9.63. The molecule has 2 heterocycles. The molecule has 0 saturated heterocycles. The van der Waals surface area contributed by atoms with Crippen molar-refractivity contribution in [3.05, 3.63) is 214 Å². The predicted octanol–water partition coefficient (Wildman–Crippen LogP) is 16.5. The van der Waals surface area contributed by atoms with Crippen molar-refractivity contribution in [2.24, 2.45) is 0 Å². The van der Waals surface area contributed by atoms with E-state index in [2.05, 4.69) is 232 Å². The van der Waals surface area contributed by atoms with Gasteiger partial charge in [0.15, 0.2) is 0 Å². The van der Waals surface area contributed by atoms with E-state index < -0.39 is 0 Å². The summed E-state index contributed by atoms with van der Waals surface area (Å²) >= 11 is 0. The van der Waals surface area contributed by atoms with Crippen molar-refractivity contribution in [3.63, 3.8) is 0 Å². The Morgan fingerprint density at radius 3 is 0.935 bits per heavy atom. The Bertz CT molecular complexity index is 3260. The van der Waals surface area contributed by atoms with E-state index in [1.807, 2.05) is 0 Å². The van der Waals surface area contributed by atoms with Crippen molar-refractivity contribution in [1.82, 2.24) is 0 Å². The van der Waals surface area contributed by atoms with E-state index in [1.165, 1.54) is 122 Å². The predicted molar refractivity (Wildman–Crippen MR) is 264 cm³/mol. The molecule has 2 nitrogen and oxygen atoms in total. The number of anilines is 6. The lowest BCUT2D eigenvalue weighted by Gasteiger charge is -2.35. The summed E-state index contributed by atoms with van der Waals surface area (Å²) in [5.74, 6) is 0. The Morgan fingerprint density at radius 1 is 0.290 bits per heavy atom. The highest BCUT2D eigenvalue weighted by Crippen LogP contribution is 2.60. The number of rotatable bonds is 2. The SMILES string of the molecule is CC1(C)c2ccccc2-c2cc3c(N4c5ccccc5C=Cc5ccccc54)c4cc5c(cc4c(N4c6ccccc6C=Cc6ccccc64)c3cc21)C(C)(C)c1ccccc1-5. The second-order valence-electron chi connectivity index (χ2n) is 18.5. The zero-order chi connectivity index (χ0) is 41.5. The molecule has 0 saturated carbocycles. The van der Waals surface area contributed by atoms with Crippen LogP contribution in [0.4, 0.5) is 34.1 Å². The zero-order valence-corrected chi connectivity index (χ0v) is 35.4. The molecule has 9 aromatic carbocycles. The van der Waals surface area contributed by atoms with Gasteiger partial charge in [-0.3, -0.25) is 0 Å². The molecule has 0 atom stereocenters. The first kappa shape index (κ1) is 35.3. The van der Waals surface area contributed by atoms with Crippen LogP contribution in [-0.4, -0.2) is 0 Å². The third-order valence-corrected chi connectivity index (χ3v) is 14.5. The van der Waals surface area contributed by atoms with Crippen LogP contribution in [0.3, 0.4) is 0 Å². The van der Waals surface area contributed by atoms with Gasteiger partial charge in [0, 0.05) is 32.4 Å². The van der Waals surface area contributed by atoms with Crippen molar-refractivity contribution in [2.45, 2.75) is 38.5 Å². The average Bonchev–Trinajstić information content (AvgIpc) is 3.48. The molecule has 0 unspecified atom stereocenters. The first-order valence-corrected chi connectivity index (χ1v) is 21.9. The smallest absolute Gasteiger partial charge is 0.0620 e. The maximum absolute atomic E-state index is 2.59. The van der Waals surface area contributed by atoms with Crippen molar-refractivity contribution in [2.75, 3.05) is 9.80 Å². The molecule has 0 radical (unpaired) electrons. The maximum Gasteiger partial charge on any atom is 0.0620 e. The largest absolute Gasteiger partial charge is 0.308 e. The average molecular weight is 793 g/mol. The molecular formula is C60H44N2. The fourth-order valence-corrected chi connectivity index (χ4v) is 11.5. The minimum absolute atomic E-state index is 0.198. The molecule has 13 rings (SSSR count). The third kappa shape index (κ3) is 4.70. The van der Waals surface area contributed by atoms with Crippen LogP contribution in [0, 0.1) is 0 Å². The fourth-order valence-electron chi connectivity index (χ4n) is 11.5. The summed E-state index contributed by atoms with van der Waals surface area (Å²) in [6.07, 6.45) is 9.16. The Labute approximate surface area is 363 Å². The van der Waals surface area contributed by atoms with Crippen molar-refractivity contribution in [3.8, 4) is 22.3 Å². The van der Waals surface area contributed by atoms with Crippen molar-refractivity contribution >= 4 is 80.0 Å². The topological polar surface area (TPSA) is 6.48 Å². The molecule has 62 heavy (non-hydrogen) atoms. The van der Waals surface area contributed by atoms with Crippen molar-refractivity contribution < 1.29 is 0 Å². The van der Waals surface area contributed by atoms with Gasteiger partial charge >= 0.3 is 0 Å². The summed E-state index contributed by atoms with van der Waals surface area (Å²) in [6, 6.07) is 64.1. The number of para-hydroxylation sites is 4. The number of hydrogen-bond acceptors (Lipinski definition) is 2. The molecule has 2 aliphatic heterocycles. The number of nitrogens with zero attached hydrogens (tertiary/aromatic N) is 2. The van der Waals surface area contributed by atoms with E-state index in [1.54, 1.807) is 0 Å². The Hall–Kier alpha value is -7.42. The standard InChI is InChI=1S/C60H44N2/c1-59(2)49-23-11-9-21-41(49)43-33-45-47(35-51(43)59)58(62-55-27-15-7-19-39(55)31-32-40-20-8-16-28-56(40)62)48-36-52-44(42-22-10-12-24-50(42)60(52,3)4)34-46(48)57(45)61-53-25-13-5-17-37(53)29-30-38-18-6-14-26-54(38)61/h5-36H,1-4H3. The summed E-state index contributed by atoms with van der Waals surface area (Å²) in [7, 11) is 0. The second kappa shape index (κ2) is 12.6. The molecule has 4 aliphatic rings. The van der Waals surface area contributed by atoms with Gasteiger partial charge < -0.3 is 9.80 Å². The van der Waals surface area contributed by atoms with Gasteiger partial charge in [-0.05, 0) is 115 Å². The molecule has 294 valence electrons. The van der Waals surface area contributed by atoms with Gasteiger partial charge in [-0.1, -0.05) is 173 Å². The molecule has 0 bridgehead atoms. The molecule has 0 aromatic heterocycles. The van der Waals surface area contributed by atoms with E-state index in [0.29, 0.717) is 0 Å². The highest BCUT2D eigenvalue weighted by atomic mass is 15.2. The second-order valence-corrected chi connectivity index (χ2v) is 18.5. The van der Waals surface area contributed by atoms with Gasteiger partial charge in [0.05, 0.1) is 34.1 Å². The number of hydrogen-bond donors (Lipinski definition) is 0. The van der Waals surface area contributed by atoms with Gasteiger partial charge in [0.25, 0.3) is 0 Å². The van der Waals surface area contributed by atoms with E-state index in [9.17, 15) is 0 Å². The van der Waals surface area contributed by atoms with Crippen LogP contribution < -0.4 is 9.80 Å². The lowest BCUT2D eigenvalue weighted by Crippen LogP contribution is -2.18. The first-order chi connectivity index (χ1) is 30.3. The summed E-state index contributed by atoms with van der Waals surface area (Å²) in [5, 5.41) is 4.92. The molecule has 2 heteroatoms. The quantitative estimate of drug-likeness (QED) is 0.161. The number of fused-ring (bicyclic) bond motifs is 12. The molecule has 9 aromatic rings. The van der Waals surface area contributed by atoms with Gasteiger partial charge in [0.2, 0.25) is 0 Å². The van der Waals surface area contributed by atoms with Gasteiger partial charge in [-0.25, -0.2) is 0 Å². The van der Waals surface area contributed by atoms with E-state index >= 15 is 0 Å². The molecule has 0 N–H and O–H groups in total. The highest BCUT2D eigenvalue weighted by molar-refractivity contribution is 6.26. The normalized spacial score (nSPS) is 15.5. The van der Waals surface area contributed by atoms with Crippen LogP contribution >= 0.6 is 0 Å². The monoisotopic (exact) mass is 792 g/mol. The molecular weight excluding hydrogens is 749 g/mol. The van der Waals surface area contributed by atoms with Crippen LogP contribution in [-0.2, 0) is 10.8 Å². The van der Waals surface area contributed by atoms with Gasteiger partial charge in [-0.15, -0.1) is 0 Å². The molecule has 0 spiro atoms. The minimum Gasteiger partial charge on any atom is -0.308 e. The van der Waals surface area contributed by atoms with Gasteiger partial charge in [0.1, 0.15) is 0 Å². The van der Waals surface area contributed by atoms with E-state index in [-0.39, 0.29) is 10.8 Å². The van der Waals surface area contributed by atoms with E-state index in [4.69, 9.17) is 0 Å². The number of benzene rings is 9. The lowest BCUT2D eigenvalue weighted by molar-refractivity contribution is 0.661.